The van der Waals surface area contributed by atoms with E-state index in [-0.39, 0.29) is 11.8 Å². The number of carbonyl (C=O) groups is 2. The van der Waals surface area contributed by atoms with E-state index in [1.165, 1.54) is 4.90 Å². The average Bonchev–Trinajstić information content (AvgIpc) is 2.78. The maximum Gasteiger partial charge on any atom is 0.261 e. The number of rotatable bonds is 8. The minimum absolute atomic E-state index is 0.209. The molecule has 1 N–H and O–H groups in total. The number of hydrogen-bond acceptors (Lipinski definition) is 4. The molecule has 1 heterocycles. The van der Waals surface area contributed by atoms with Crippen molar-refractivity contribution < 1.29 is 9.59 Å². The summed E-state index contributed by atoms with van der Waals surface area (Å²) in [7, 11) is 0. The Morgan fingerprint density at radius 1 is 0.867 bits per heavy atom. The first kappa shape index (κ1) is 19.8. The Morgan fingerprint density at radius 3 is 2.40 bits per heavy atom. The van der Waals surface area contributed by atoms with Crippen molar-refractivity contribution in [3.05, 3.63) is 77.4 Å². The molecule has 30 heavy (non-hydrogen) atoms. The molecule has 2 amide bonds. The molecule has 0 aliphatic carbocycles. The fourth-order valence-electron chi connectivity index (χ4n) is 3.86. The third kappa shape index (κ3) is 3.83. The van der Waals surface area contributed by atoms with Gasteiger partial charge in [-0.25, -0.2) is 0 Å². The van der Waals surface area contributed by atoms with Crippen molar-refractivity contribution in [3.63, 3.8) is 0 Å². The highest BCUT2D eigenvalue weighted by atomic mass is 16.2. The van der Waals surface area contributed by atoms with Crippen molar-refractivity contribution >= 4 is 34.5 Å². The Hall–Kier alpha value is -3.47. The van der Waals surface area contributed by atoms with E-state index in [1.54, 1.807) is 18.3 Å². The number of imide groups is 1. The highest BCUT2D eigenvalue weighted by Gasteiger charge is 2.32. The van der Waals surface area contributed by atoms with Gasteiger partial charge in [0, 0.05) is 28.4 Å². The maximum absolute atomic E-state index is 13.0. The second-order valence-electron chi connectivity index (χ2n) is 7.49. The Bertz CT molecular complexity index is 1080. The van der Waals surface area contributed by atoms with Crippen molar-refractivity contribution in [1.82, 2.24) is 4.90 Å². The van der Waals surface area contributed by atoms with Crippen LogP contribution in [0.4, 0.5) is 5.69 Å². The van der Waals surface area contributed by atoms with Crippen molar-refractivity contribution in [3.8, 4) is 0 Å². The molecule has 0 bridgehead atoms. The number of benzene rings is 3. The van der Waals surface area contributed by atoms with Crippen LogP contribution in [-0.4, -0.2) is 29.5 Å². The summed E-state index contributed by atoms with van der Waals surface area (Å²) in [5.74, 6) is -0.418. The summed E-state index contributed by atoms with van der Waals surface area (Å²) in [5.41, 5.74) is 5.96. The predicted molar refractivity (Wildman–Crippen MR) is 121 cm³/mol. The van der Waals surface area contributed by atoms with Gasteiger partial charge in [-0.15, -0.1) is 0 Å². The smallest absolute Gasteiger partial charge is 0.261 e. The number of nitrogens with one attached hydrogen (secondary N) is 1. The van der Waals surface area contributed by atoms with Crippen LogP contribution in [0.3, 0.4) is 0 Å². The van der Waals surface area contributed by atoms with Crippen LogP contribution in [0.2, 0.25) is 0 Å². The SMILES string of the molecule is CCCCCCN1C(=O)c2cccc3c(N/N=C/c4ccccc4)ccc(c23)C1=O. The van der Waals surface area contributed by atoms with Gasteiger partial charge in [-0.2, -0.15) is 5.10 Å². The van der Waals surface area contributed by atoms with E-state index in [9.17, 15) is 9.59 Å². The summed E-state index contributed by atoms with van der Waals surface area (Å²) in [6.45, 7) is 2.61. The maximum atomic E-state index is 13.0. The minimum atomic E-state index is -0.209. The molecule has 3 aromatic carbocycles. The molecular weight excluding hydrogens is 374 g/mol. The first-order chi connectivity index (χ1) is 14.7. The lowest BCUT2D eigenvalue weighted by molar-refractivity contribution is 0.0608. The van der Waals surface area contributed by atoms with E-state index in [0.717, 1.165) is 42.3 Å². The van der Waals surface area contributed by atoms with Gasteiger partial charge in [0.25, 0.3) is 11.8 Å². The fraction of sp³-hybridized carbons (Fsp3) is 0.240. The number of nitrogens with zero attached hydrogens (tertiary/aromatic N) is 2. The summed E-state index contributed by atoms with van der Waals surface area (Å²) >= 11 is 0. The van der Waals surface area contributed by atoms with Crippen molar-refractivity contribution in [2.24, 2.45) is 5.10 Å². The summed E-state index contributed by atoms with van der Waals surface area (Å²) in [5, 5.41) is 5.85. The Balaban J connectivity index is 1.63. The van der Waals surface area contributed by atoms with E-state index >= 15 is 0 Å². The van der Waals surface area contributed by atoms with Crippen LogP contribution in [0, 0.1) is 0 Å². The molecule has 0 atom stereocenters. The van der Waals surface area contributed by atoms with Crippen molar-refractivity contribution in [2.45, 2.75) is 32.6 Å². The van der Waals surface area contributed by atoms with Gasteiger partial charge in [-0.3, -0.25) is 19.9 Å². The number of unbranched alkanes of at least 4 members (excludes halogenated alkanes) is 3. The zero-order valence-electron chi connectivity index (χ0n) is 17.1. The van der Waals surface area contributed by atoms with Crippen LogP contribution in [-0.2, 0) is 0 Å². The van der Waals surface area contributed by atoms with Gasteiger partial charge in [0.15, 0.2) is 0 Å². The second-order valence-corrected chi connectivity index (χ2v) is 7.49. The van der Waals surface area contributed by atoms with Crippen LogP contribution >= 0.6 is 0 Å². The van der Waals surface area contributed by atoms with Crippen molar-refractivity contribution in [1.29, 1.82) is 0 Å². The minimum Gasteiger partial charge on any atom is -0.278 e. The Morgan fingerprint density at radius 2 is 1.63 bits per heavy atom. The Labute approximate surface area is 176 Å². The number of hydrazone groups is 1. The molecule has 0 saturated heterocycles. The molecule has 1 aliphatic rings. The quantitative estimate of drug-likeness (QED) is 0.237. The third-order valence-electron chi connectivity index (χ3n) is 5.43. The van der Waals surface area contributed by atoms with Crippen LogP contribution in [0.5, 0.6) is 0 Å². The molecule has 3 aromatic rings. The average molecular weight is 399 g/mol. The highest BCUT2D eigenvalue weighted by molar-refractivity contribution is 6.26. The van der Waals surface area contributed by atoms with Gasteiger partial charge in [0.1, 0.15) is 0 Å². The van der Waals surface area contributed by atoms with E-state index < -0.39 is 0 Å². The first-order valence-corrected chi connectivity index (χ1v) is 10.5. The van der Waals surface area contributed by atoms with E-state index in [1.807, 2.05) is 48.5 Å². The normalized spacial score (nSPS) is 13.4. The molecule has 0 aromatic heterocycles. The number of carbonyl (C=O) groups excluding carboxylic acids is 2. The van der Waals surface area contributed by atoms with Gasteiger partial charge < -0.3 is 0 Å². The summed E-state index contributed by atoms with van der Waals surface area (Å²) in [4.78, 5) is 27.5. The Kier molecular flexibility index (Phi) is 5.89. The number of hydrogen-bond donors (Lipinski definition) is 1. The molecule has 4 rings (SSSR count). The molecular formula is C25H25N3O2. The van der Waals surface area contributed by atoms with Crippen molar-refractivity contribution in [2.75, 3.05) is 12.0 Å². The van der Waals surface area contributed by atoms with E-state index in [2.05, 4.69) is 17.5 Å². The van der Waals surface area contributed by atoms with Gasteiger partial charge in [0.05, 0.1) is 11.9 Å². The largest absolute Gasteiger partial charge is 0.278 e. The van der Waals surface area contributed by atoms with Crippen LogP contribution in [0.1, 0.15) is 58.9 Å². The molecule has 0 fully saturated rings. The predicted octanol–water partition coefficient (Wildman–Crippen LogP) is 5.46. The zero-order chi connectivity index (χ0) is 20.9. The van der Waals surface area contributed by atoms with Crippen LogP contribution < -0.4 is 5.43 Å². The second kappa shape index (κ2) is 8.91. The lowest BCUT2D eigenvalue weighted by Gasteiger charge is -2.27. The third-order valence-corrected chi connectivity index (χ3v) is 5.43. The van der Waals surface area contributed by atoms with Gasteiger partial charge in [0.2, 0.25) is 0 Å². The molecule has 5 nitrogen and oxygen atoms in total. The topological polar surface area (TPSA) is 61.8 Å². The molecule has 152 valence electrons. The highest BCUT2D eigenvalue weighted by Crippen LogP contribution is 2.34. The standard InChI is InChI=1S/C25H25N3O2/c1-2-3-4-8-16-28-24(29)20-13-9-12-19-22(15-14-21(23(19)20)25(28)30)27-26-17-18-10-6-5-7-11-18/h5-7,9-15,17,27H,2-4,8,16H2,1H3/b26-17+. The zero-order valence-corrected chi connectivity index (χ0v) is 17.1. The number of anilines is 1. The van der Waals surface area contributed by atoms with E-state index in [0.29, 0.717) is 23.1 Å². The summed E-state index contributed by atoms with van der Waals surface area (Å²) < 4.78 is 0. The molecule has 1 aliphatic heterocycles. The van der Waals surface area contributed by atoms with Crippen LogP contribution in [0.15, 0.2) is 65.8 Å². The fourth-order valence-corrected chi connectivity index (χ4v) is 3.86. The monoisotopic (exact) mass is 399 g/mol. The lowest BCUT2D eigenvalue weighted by atomic mass is 9.93. The molecule has 0 saturated carbocycles. The number of amides is 2. The molecule has 0 radical (unpaired) electrons. The summed E-state index contributed by atoms with van der Waals surface area (Å²) in [6.07, 6.45) is 5.83. The van der Waals surface area contributed by atoms with Crippen LogP contribution in [0.25, 0.3) is 10.8 Å². The first-order valence-electron chi connectivity index (χ1n) is 10.5. The summed E-state index contributed by atoms with van der Waals surface area (Å²) in [6, 6.07) is 19.0. The molecule has 0 unspecified atom stereocenters. The van der Waals surface area contributed by atoms with Gasteiger partial charge >= 0.3 is 0 Å². The van der Waals surface area contributed by atoms with E-state index in [4.69, 9.17) is 0 Å². The molecule has 5 heteroatoms. The lowest BCUT2D eigenvalue weighted by Crippen LogP contribution is -2.40. The molecule has 0 spiro atoms. The van der Waals surface area contributed by atoms with Gasteiger partial charge in [-0.1, -0.05) is 68.7 Å². The van der Waals surface area contributed by atoms with Gasteiger partial charge in [-0.05, 0) is 30.2 Å².